The summed E-state index contributed by atoms with van der Waals surface area (Å²) in [6, 6.07) is 7.34. The van der Waals surface area contributed by atoms with Crippen molar-refractivity contribution in [3.63, 3.8) is 0 Å². The van der Waals surface area contributed by atoms with Crippen LogP contribution in [-0.2, 0) is 10.3 Å². The molecule has 20 heavy (non-hydrogen) atoms. The van der Waals surface area contributed by atoms with Gasteiger partial charge >= 0.3 is 5.97 Å². The summed E-state index contributed by atoms with van der Waals surface area (Å²) in [5.41, 5.74) is -0.260. The number of aliphatic carboxylic acids is 1. The van der Waals surface area contributed by atoms with Gasteiger partial charge in [0.05, 0.1) is 7.11 Å². The number of nitrogens with zero attached hydrogens (tertiary/aromatic N) is 2. The summed E-state index contributed by atoms with van der Waals surface area (Å²) in [6.07, 6.45) is 0. The van der Waals surface area contributed by atoms with Gasteiger partial charge in [0.2, 0.25) is 0 Å². The number of carboxylic acids is 1. The van der Waals surface area contributed by atoms with Crippen molar-refractivity contribution in [2.24, 2.45) is 0 Å². The molecule has 5 heteroatoms. The lowest BCUT2D eigenvalue weighted by Crippen LogP contribution is -2.56. The van der Waals surface area contributed by atoms with E-state index in [1.54, 1.807) is 14.0 Å². The molecular formula is C15H22N2O3. The minimum Gasteiger partial charge on any atom is -0.497 e. The van der Waals surface area contributed by atoms with Crippen molar-refractivity contribution in [1.29, 1.82) is 0 Å². The van der Waals surface area contributed by atoms with Gasteiger partial charge in [0.15, 0.2) is 0 Å². The first-order chi connectivity index (χ1) is 9.48. The van der Waals surface area contributed by atoms with E-state index in [9.17, 15) is 9.90 Å². The number of methoxy groups -OCH3 is 1. The van der Waals surface area contributed by atoms with Gasteiger partial charge in [0.1, 0.15) is 11.3 Å². The van der Waals surface area contributed by atoms with Gasteiger partial charge in [-0.15, -0.1) is 0 Å². The van der Waals surface area contributed by atoms with Gasteiger partial charge in [-0.1, -0.05) is 12.1 Å². The zero-order chi connectivity index (χ0) is 14.8. The molecule has 2 rings (SSSR count). The molecule has 1 aromatic carbocycles. The fourth-order valence-corrected chi connectivity index (χ4v) is 2.62. The second-order valence-corrected chi connectivity index (χ2v) is 5.40. The van der Waals surface area contributed by atoms with Crippen LogP contribution in [-0.4, -0.2) is 61.2 Å². The van der Waals surface area contributed by atoms with Crippen molar-refractivity contribution < 1.29 is 14.6 Å². The first kappa shape index (κ1) is 14.8. The molecule has 1 aromatic rings. The van der Waals surface area contributed by atoms with Gasteiger partial charge in [-0.2, -0.15) is 0 Å². The highest BCUT2D eigenvalue weighted by atomic mass is 16.5. The first-order valence-electron chi connectivity index (χ1n) is 6.80. The van der Waals surface area contributed by atoms with Gasteiger partial charge in [0.25, 0.3) is 0 Å². The number of benzene rings is 1. The fraction of sp³-hybridized carbons (Fsp3) is 0.533. The molecule has 0 bridgehead atoms. The second kappa shape index (κ2) is 5.81. The van der Waals surface area contributed by atoms with Crippen molar-refractivity contribution in [2.75, 3.05) is 40.3 Å². The van der Waals surface area contributed by atoms with Gasteiger partial charge in [-0.3, -0.25) is 4.90 Å². The zero-order valence-corrected chi connectivity index (χ0v) is 12.3. The number of piperazine rings is 1. The minimum atomic E-state index is -1.02. The Morgan fingerprint density at radius 2 is 1.95 bits per heavy atom. The van der Waals surface area contributed by atoms with E-state index in [2.05, 4.69) is 11.9 Å². The van der Waals surface area contributed by atoms with Crippen LogP contribution >= 0.6 is 0 Å². The van der Waals surface area contributed by atoms with E-state index in [1.165, 1.54) is 0 Å². The number of likely N-dealkylation sites (N-methyl/N-ethyl adjacent to an activating group) is 1. The SMILES string of the molecule is COc1cccc(C(C)(C(=O)O)N2CCN(C)CC2)c1. The highest BCUT2D eigenvalue weighted by molar-refractivity contribution is 5.80. The smallest absolute Gasteiger partial charge is 0.328 e. The molecule has 0 aliphatic carbocycles. The predicted octanol–water partition coefficient (Wildman–Crippen LogP) is 1.24. The Labute approximate surface area is 119 Å². The normalized spacial score (nSPS) is 20.4. The number of ether oxygens (including phenoxy) is 1. The van der Waals surface area contributed by atoms with Crippen molar-refractivity contribution in [3.05, 3.63) is 29.8 Å². The van der Waals surface area contributed by atoms with E-state index in [0.29, 0.717) is 5.75 Å². The van der Waals surface area contributed by atoms with Crippen molar-refractivity contribution in [3.8, 4) is 5.75 Å². The summed E-state index contributed by atoms with van der Waals surface area (Å²) in [5, 5.41) is 9.77. The maximum Gasteiger partial charge on any atom is 0.328 e. The molecule has 1 N–H and O–H groups in total. The van der Waals surface area contributed by atoms with Crippen LogP contribution < -0.4 is 4.74 Å². The van der Waals surface area contributed by atoms with Crippen LogP contribution in [0.2, 0.25) is 0 Å². The third-order valence-corrected chi connectivity index (χ3v) is 4.18. The Balaban J connectivity index is 2.35. The molecule has 0 aromatic heterocycles. The lowest BCUT2D eigenvalue weighted by Gasteiger charge is -2.42. The molecule has 110 valence electrons. The highest BCUT2D eigenvalue weighted by Crippen LogP contribution is 2.31. The van der Waals surface area contributed by atoms with Gasteiger partial charge in [0, 0.05) is 26.2 Å². The molecule has 0 radical (unpaired) electrons. The molecule has 0 saturated carbocycles. The lowest BCUT2D eigenvalue weighted by molar-refractivity contribution is -0.152. The third-order valence-electron chi connectivity index (χ3n) is 4.18. The number of hydrogen-bond acceptors (Lipinski definition) is 4. The molecule has 1 unspecified atom stereocenters. The maximum atomic E-state index is 11.9. The summed E-state index contributed by atoms with van der Waals surface area (Å²) in [7, 11) is 3.65. The standard InChI is InChI=1S/C15H22N2O3/c1-15(14(18)19,17-9-7-16(2)8-10-17)12-5-4-6-13(11-12)20-3/h4-6,11H,7-10H2,1-3H3,(H,18,19). The zero-order valence-electron chi connectivity index (χ0n) is 12.3. The van der Waals surface area contributed by atoms with E-state index >= 15 is 0 Å². The maximum absolute atomic E-state index is 11.9. The van der Waals surface area contributed by atoms with Crippen molar-refractivity contribution in [2.45, 2.75) is 12.5 Å². The Morgan fingerprint density at radius 1 is 1.30 bits per heavy atom. The van der Waals surface area contributed by atoms with E-state index in [1.807, 2.05) is 29.2 Å². The van der Waals surface area contributed by atoms with Crippen LogP contribution in [0.3, 0.4) is 0 Å². The molecule has 0 spiro atoms. The summed E-state index contributed by atoms with van der Waals surface area (Å²) < 4.78 is 5.21. The summed E-state index contributed by atoms with van der Waals surface area (Å²) in [5.74, 6) is -0.139. The molecule has 1 heterocycles. The monoisotopic (exact) mass is 278 g/mol. The van der Waals surface area contributed by atoms with E-state index < -0.39 is 11.5 Å². The molecule has 1 atom stereocenters. The van der Waals surface area contributed by atoms with Crippen LogP contribution in [0.15, 0.2) is 24.3 Å². The minimum absolute atomic E-state index is 0.684. The Kier molecular flexibility index (Phi) is 4.30. The fourth-order valence-electron chi connectivity index (χ4n) is 2.62. The van der Waals surface area contributed by atoms with E-state index in [4.69, 9.17) is 4.74 Å². The van der Waals surface area contributed by atoms with Crippen LogP contribution in [0.5, 0.6) is 5.75 Å². The molecule has 1 fully saturated rings. The van der Waals surface area contributed by atoms with Crippen LogP contribution in [0.25, 0.3) is 0 Å². The van der Waals surface area contributed by atoms with Gasteiger partial charge < -0.3 is 14.7 Å². The van der Waals surface area contributed by atoms with E-state index in [0.717, 1.165) is 31.7 Å². The molecule has 1 aliphatic rings. The van der Waals surface area contributed by atoms with Gasteiger partial charge in [-0.05, 0) is 31.7 Å². The van der Waals surface area contributed by atoms with Crippen LogP contribution in [0.1, 0.15) is 12.5 Å². The highest BCUT2D eigenvalue weighted by Gasteiger charge is 2.42. The number of carbonyl (C=O) groups is 1. The summed E-state index contributed by atoms with van der Waals surface area (Å²) >= 11 is 0. The van der Waals surface area contributed by atoms with Crippen LogP contribution in [0, 0.1) is 0 Å². The molecular weight excluding hydrogens is 256 g/mol. The largest absolute Gasteiger partial charge is 0.497 e. The lowest BCUT2D eigenvalue weighted by atomic mass is 9.89. The first-order valence-corrected chi connectivity index (χ1v) is 6.80. The van der Waals surface area contributed by atoms with Crippen molar-refractivity contribution >= 4 is 5.97 Å². The molecule has 0 amide bonds. The van der Waals surface area contributed by atoms with Crippen molar-refractivity contribution in [1.82, 2.24) is 9.80 Å². The third kappa shape index (κ3) is 2.64. The van der Waals surface area contributed by atoms with E-state index in [-0.39, 0.29) is 0 Å². The van der Waals surface area contributed by atoms with Crippen LogP contribution in [0.4, 0.5) is 0 Å². The Morgan fingerprint density at radius 3 is 2.50 bits per heavy atom. The second-order valence-electron chi connectivity index (χ2n) is 5.40. The van der Waals surface area contributed by atoms with Gasteiger partial charge in [-0.25, -0.2) is 4.79 Å². The quantitative estimate of drug-likeness (QED) is 0.898. The number of carboxylic acid groups (broad SMARTS) is 1. The molecule has 1 saturated heterocycles. The average Bonchev–Trinajstić information content (AvgIpc) is 2.47. The number of rotatable bonds is 4. The average molecular weight is 278 g/mol. The topological polar surface area (TPSA) is 53.0 Å². The number of hydrogen-bond donors (Lipinski definition) is 1. The molecule has 5 nitrogen and oxygen atoms in total. The summed E-state index contributed by atoms with van der Waals surface area (Å²) in [4.78, 5) is 16.2. The molecule has 1 aliphatic heterocycles. The summed E-state index contributed by atoms with van der Waals surface area (Å²) in [6.45, 7) is 5.03. The Hall–Kier alpha value is -1.59. The Bertz CT molecular complexity index is 484. The predicted molar refractivity (Wildman–Crippen MR) is 77.1 cm³/mol.